The molecule has 0 aliphatic heterocycles. The first-order valence-corrected chi connectivity index (χ1v) is 8.31. The zero-order valence-corrected chi connectivity index (χ0v) is 12.4. The number of carbonyl (C=O) groups excluding carboxylic acids is 1. The van der Waals surface area contributed by atoms with E-state index in [1.807, 2.05) is 0 Å². The Labute approximate surface area is 116 Å². The smallest absolute Gasteiger partial charge is 0.280 e. The minimum atomic E-state index is -1.37. The predicted molar refractivity (Wildman–Crippen MR) is 76.0 cm³/mol. The fourth-order valence-corrected chi connectivity index (χ4v) is 3.53. The molecule has 0 saturated carbocycles. The number of carbonyl (C=O) groups is 1. The zero-order chi connectivity index (χ0) is 14.7. The molecule has 6 nitrogen and oxygen atoms in total. The molecule has 0 spiro atoms. The number of nitrogens with two attached hydrogens (primary N) is 2. The van der Waals surface area contributed by atoms with Gasteiger partial charge in [-0.1, -0.05) is 0 Å². The summed E-state index contributed by atoms with van der Waals surface area (Å²) in [4.78, 5) is 16.0. The van der Waals surface area contributed by atoms with Gasteiger partial charge in [0.15, 0.2) is 5.96 Å². The highest BCUT2D eigenvalue weighted by Crippen LogP contribution is 2.22. The van der Waals surface area contributed by atoms with Crippen molar-refractivity contribution in [2.45, 2.75) is 16.7 Å². The van der Waals surface area contributed by atoms with Crippen molar-refractivity contribution in [3.8, 4) is 0 Å². The first-order chi connectivity index (χ1) is 8.73. The highest BCUT2D eigenvalue weighted by atomic mass is 32.2. The molecule has 2 unspecified atom stereocenters. The summed E-state index contributed by atoms with van der Waals surface area (Å²) < 4.78 is 23.3. The van der Waals surface area contributed by atoms with Crippen molar-refractivity contribution in [3.05, 3.63) is 23.3 Å². The van der Waals surface area contributed by atoms with Crippen LogP contribution in [0.4, 0.5) is 0 Å². The largest absolute Gasteiger partial charge is 0.370 e. The molecule has 1 rings (SSSR count). The Kier molecular flexibility index (Phi) is 4.96. The normalized spacial score (nSPS) is 13.6. The summed E-state index contributed by atoms with van der Waals surface area (Å²) in [6.07, 6.45) is 2.94. The topological polar surface area (TPSA) is 116 Å². The average Bonchev–Trinajstić information content (AvgIpc) is 2.26. The van der Waals surface area contributed by atoms with Crippen LogP contribution in [-0.2, 0) is 21.6 Å². The third-order valence-corrected chi connectivity index (χ3v) is 4.41. The van der Waals surface area contributed by atoms with Crippen LogP contribution in [0.3, 0.4) is 0 Å². The van der Waals surface area contributed by atoms with Crippen molar-refractivity contribution in [1.29, 1.82) is 0 Å². The summed E-state index contributed by atoms with van der Waals surface area (Å²) in [6, 6.07) is 3.00. The van der Waals surface area contributed by atoms with Crippen molar-refractivity contribution < 1.29 is 13.2 Å². The van der Waals surface area contributed by atoms with E-state index >= 15 is 0 Å². The number of aliphatic imine (C=N–C) groups is 1. The predicted octanol–water partition coefficient (Wildman–Crippen LogP) is -0.117. The fraction of sp³-hybridized carbons (Fsp3) is 0.273. The molecule has 0 radical (unpaired) electrons. The molecule has 0 aliphatic carbocycles. The van der Waals surface area contributed by atoms with Crippen LogP contribution in [0, 0.1) is 6.92 Å². The molecule has 0 fully saturated rings. The van der Waals surface area contributed by atoms with Crippen LogP contribution >= 0.6 is 0 Å². The van der Waals surface area contributed by atoms with E-state index in [2.05, 4.69) is 4.99 Å². The molecule has 0 bridgehead atoms. The number of aryl methyl sites for hydroxylation is 1. The molecule has 104 valence electrons. The average molecular weight is 301 g/mol. The Balaban J connectivity index is 3.49. The highest BCUT2D eigenvalue weighted by molar-refractivity contribution is 7.87. The van der Waals surface area contributed by atoms with Crippen LogP contribution in [0.2, 0.25) is 0 Å². The number of nitrogens with zero attached hydrogens (tertiary/aromatic N) is 1. The SMILES string of the molecule is Cc1cc(S(C)=O)c(S(C)=O)cc1C(=O)N=C(N)N. The second kappa shape index (κ2) is 6.07. The van der Waals surface area contributed by atoms with Crippen LogP contribution in [-0.4, -0.2) is 32.8 Å². The van der Waals surface area contributed by atoms with Crippen LogP contribution in [0.25, 0.3) is 0 Å². The van der Waals surface area contributed by atoms with Crippen molar-refractivity contribution in [3.63, 3.8) is 0 Å². The molecule has 1 aromatic carbocycles. The number of benzene rings is 1. The number of rotatable bonds is 3. The summed E-state index contributed by atoms with van der Waals surface area (Å²) in [5.74, 6) is -0.954. The molecule has 2 atom stereocenters. The van der Waals surface area contributed by atoms with Gasteiger partial charge in [0, 0.05) is 18.1 Å². The number of hydrogen-bond acceptors (Lipinski definition) is 3. The first kappa shape index (κ1) is 15.5. The molecule has 19 heavy (non-hydrogen) atoms. The third kappa shape index (κ3) is 3.71. The summed E-state index contributed by atoms with van der Waals surface area (Å²) in [7, 11) is -2.66. The minimum Gasteiger partial charge on any atom is -0.370 e. The van der Waals surface area contributed by atoms with E-state index in [0.717, 1.165) is 0 Å². The lowest BCUT2D eigenvalue weighted by molar-refractivity contribution is 0.100. The lowest BCUT2D eigenvalue weighted by Crippen LogP contribution is -2.24. The minimum absolute atomic E-state index is 0.243. The maximum atomic E-state index is 11.8. The summed E-state index contributed by atoms with van der Waals surface area (Å²) in [6.45, 7) is 1.67. The summed E-state index contributed by atoms with van der Waals surface area (Å²) >= 11 is 0. The second-order valence-electron chi connectivity index (χ2n) is 3.86. The molecule has 1 amide bonds. The van der Waals surface area contributed by atoms with E-state index in [1.54, 1.807) is 13.0 Å². The van der Waals surface area contributed by atoms with E-state index in [-0.39, 0.29) is 11.5 Å². The Morgan fingerprint density at radius 3 is 2.00 bits per heavy atom. The second-order valence-corrected chi connectivity index (χ2v) is 6.56. The standard InChI is InChI=1S/C11H15N3O3S2/c1-6-4-8(18(2)16)9(19(3)17)5-7(6)10(15)14-11(12)13/h4-5H,1-3H3,(H4,12,13,14,15). The van der Waals surface area contributed by atoms with Gasteiger partial charge in [-0.15, -0.1) is 0 Å². The van der Waals surface area contributed by atoms with E-state index in [4.69, 9.17) is 11.5 Å². The van der Waals surface area contributed by atoms with Crippen molar-refractivity contribution in [2.24, 2.45) is 16.5 Å². The van der Waals surface area contributed by atoms with E-state index < -0.39 is 27.5 Å². The van der Waals surface area contributed by atoms with Crippen molar-refractivity contribution >= 4 is 33.5 Å². The van der Waals surface area contributed by atoms with Crippen LogP contribution in [0.15, 0.2) is 26.9 Å². The Morgan fingerprint density at radius 2 is 1.58 bits per heavy atom. The van der Waals surface area contributed by atoms with Gasteiger partial charge in [0.25, 0.3) is 5.91 Å². The van der Waals surface area contributed by atoms with Gasteiger partial charge in [0.2, 0.25) is 0 Å². The number of amides is 1. The number of guanidine groups is 1. The molecular formula is C11H15N3O3S2. The molecule has 0 aromatic heterocycles. The maximum absolute atomic E-state index is 11.8. The molecule has 8 heteroatoms. The van der Waals surface area contributed by atoms with Gasteiger partial charge in [0.1, 0.15) is 0 Å². The van der Waals surface area contributed by atoms with E-state index in [9.17, 15) is 13.2 Å². The third-order valence-electron chi connectivity index (χ3n) is 2.37. The molecule has 1 aromatic rings. The van der Waals surface area contributed by atoms with Gasteiger partial charge in [0.05, 0.1) is 31.4 Å². The van der Waals surface area contributed by atoms with E-state index in [1.165, 1.54) is 18.6 Å². The lowest BCUT2D eigenvalue weighted by atomic mass is 10.1. The fourth-order valence-electron chi connectivity index (χ4n) is 1.52. The van der Waals surface area contributed by atoms with Crippen molar-refractivity contribution in [2.75, 3.05) is 12.5 Å². The van der Waals surface area contributed by atoms with Gasteiger partial charge in [-0.25, -0.2) is 0 Å². The molecule has 0 aliphatic rings. The van der Waals surface area contributed by atoms with Gasteiger partial charge in [-0.05, 0) is 24.6 Å². The van der Waals surface area contributed by atoms with Gasteiger partial charge in [-0.3, -0.25) is 13.2 Å². The monoisotopic (exact) mass is 301 g/mol. The zero-order valence-electron chi connectivity index (χ0n) is 10.8. The Morgan fingerprint density at radius 1 is 1.11 bits per heavy atom. The molecule has 0 heterocycles. The lowest BCUT2D eigenvalue weighted by Gasteiger charge is -2.09. The highest BCUT2D eigenvalue weighted by Gasteiger charge is 2.17. The maximum Gasteiger partial charge on any atom is 0.280 e. The van der Waals surface area contributed by atoms with Crippen LogP contribution in [0.5, 0.6) is 0 Å². The van der Waals surface area contributed by atoms with Crippen molar-refractivity contribution in [1.82, 2.24) is 0 Å². The Hall–Kier alpha value is -1.54. The molecule has 0 saturated heterocycles. The van der Waals surface area contributed by atoms with Gasteiger partial charge >= 0.3 is 0 Å². The first-order valence-electron chi connectivity index (χ1n) is 5.19. The Bertz CT molecular complexity index is 607. The van der Waals surface area contributed by atoms with E-state index in [0.29, 0.717) is 15.4 Å². The summed E-state index contributed by atoms with van der Waals surface area (Å²) in [5, 5.41) is 0. The quantitative estimate of drug-likeness (QED) is 0.596. The summed E-state index contributed by atoms with van der Waals surface area (Å²) in [5.41, 5.74) is 11.1. The van der Waals surface area contributed by atoms with Crippen LogP contribution < -0.4 is 11.5 Å². The molecule has 4 N–H and O–H groups in total. The van der Waals surface area contributed by atoms with Crippen LogP contribution in [0.1, 0.15) is 15.9 Å². The van der Waals surface area contributed by atoms with Gasteiger partial charge in [-0.2, -0.15) is 4.99 Å². The number of hydrogen-bond donors (Lipinski definition) is 2. The van der Waals surface area contributed by atoms with Gasteiger partial charge < -0.3 is 11.5 Å². The molecular weight excluding hydrogens is 286 g/mol.